The highest BCUT2D eigenvalue weighted by Crippen LogP contribution is 2.70. The number of aliphatic hydroxyl groups is 2. The van der Waals surface area contributed by atoms with Gasteiger partial charge in [0.15, 0.2) is 17.3 Å². The molecule has 0 unspecified atom stereocenters. The summed E-state index contributed by atoms with van der Waals surface area (Å²) in [5.41, 5.74) is 0.264. The summed E-state index contributed by atoms with van der Waals surface area (Å²) < 4.78 is 11.7. The molecule has 8 saturated carbocycles. The molecule has 0 spiro atoms. The van der Waals surface area contributed by atoms with Gasteiger partial charge in [-0.15, -0.1) is 0 Å². The molecule has 11 heteroatoms. The number of alkyl halides is 1. The zero-order valence-electron chi connectivity index (χ0n) is 40.0. The molecular weight excluding hydrogens is 893 g/mol. The van der Waals surface area contributed by atoms with E-state index >= 15 is 0 Å². The smallest absolute Gasteiger partial charge is 0.157 e. The molecule has 2 heterocycles. The first-order valence-corrected chi connectivity index (χ1v) is 26.1. The molecular formula is C55H93BrN4O6. The van der Waals surface area contributed by atoms with Gasteiger partial charge >= 0.3 is 0 Å². The predicted molar refractivity (Wildman–Crippen MR) is 270 cm³/mol. The van der Waals surface area contributed by atoms with E-state index in [0.29, 0.717) is 57.8 Å². The van der Waals surface area contributed by atoms with E-state index in [4.69, 9.17) is 9.47 Å². The van der Waals surface area contributed by atoms with E-state index in [2.05, 4.69) is 58.9 Å². The molecule has 2 aromatic heterocycles. The van der Waals surface area contributed by atoms with Gasteiger partial charge in [-0.25, -0.2) is 0 Å². The van der Waals surface area contributed by atoms with Gasteiger partial charge in [0.2, 0.25) is 0 Å². The second kappa shape index (κ2) is 20.6. The first kappa shape index (κ1) is 54.7. The Kier molecular flexibility index (Phi) is 17.1. The molecule has 0 saturated heterocycles. The molecule has 0 amide bonds. The van der Waals surface area contributed by atoms with Gasteiger partial charge in [0.1, 0.15) is 5.78 Å². The molecule has 8 fully saturated rings. The van der Waals surface area contributed by atoms with Gasteiger partial charge < -0.3 is 19.7 Å². The van der Waals surface area contributed by atoms with E-state index in [1.165, 1.54) is 77.0 Å². The molecule has 10 nitrogen and oxygen atoms in total. The Morgan fingerprint density at radius 3 is 1.52 bits per heavy atom. The number of nitrogens with zero attached hydrogens (tertiary/aromatic N) is 3. The fourth-order valence-electron chi connectivity index (χ4n) is 17.2. The van der Waals surface area contributed by atoms with Crippen LogP contribution in [0.1, 0.15) is 179 Å². The van der Waals surface area contributed by atoms with Crippen molar-refractivity contribution < 1.29 is 29.3 Å². The van der Waals surface area contributed by atoms with E-state index in [1.54, 1.807) is 37.5 Å². The average molecular weight is 986 g/mol. The van der Waals surface area contributed by atoms with Crippen LogP contribution in [0, 0.1) is 80.8 Å². The standard InChI is InChI=1S/C26H40N2O3.C22H35BrO2.C4H6N2O.3CH4/c1-24(30)11-12-25(2)17(13-24)5-6-19-20-7-8-22(26(20,3)10-9-21(19)25)23(29)16-28-15-18(31-4)14-27-28;1-20(25)10-11-21(2)14(12-20)4-5-15-16-6-7-18(19(24)13-23)22(16,3)9-8-17(15)21;1-7-4-2-5-6-3-4;;;/h14-15,17,19-22,30H,5-13,16H2,1-4H3;14-18,25H,4-13H2,1-3H3;2-3H,1H3,(H,5,6);3*1H4/t17-,19+,20+,21+,22-,24-,25+,26+;14-,15+,16+,17+,18-,20-,21+,22+;;;;/m11..../s1. The Morgan fingerprint density at radius 1 is 0.636 bits per heavy atom. The van der Waals surface area contributed by atoms with Crippen LogP contribution >= 0.6 is 15.9 Å². The number of fused-ring (bicyclic) bond motifs is 10. The number of H-pyrrole nitrogens is 1. The Labute approximate surface area is 408 Å². The summed E-state index contributed by atoms with van der Waals surface area (Å²) >= 11 is 3.43. The fraction of sp³-hybridized carbons (Fsp3) is 0.855. The number of aromatic amines is 1. The molecule has 8 aliphatic carbocycles. The van der Waals surface area contributed by atoms with Crippen molar-refractivity contribution >= 4 is 27.5 Å². The van der Waals surface area contributed by atoms with Crippen LogP contribution in [-0.4, -0.2) is 72.5 Å². The van der Waals surface area contributed by atoms with Crippen LogP contribution in [0.5, 0.6) is 11.5 Å². The highest BCUT2D eigenvalue weighted by molar-refractivity contribution is 9.09. The van der Waals surface area contributed by atoms with Gasteiger partial charge in [0.25, 0.3) is 0 Å². The molecule has 0 aliphatic heterocycles. The Bertz CT molecular complexity index is 1920. The number of halogens is 1. The van der Waals surface area contributed by atoms with Gasteiger partial charge in [0, 0.05) is 11.8 Å². The molecule has 0 bridgehead atoms. The van der Waals surface area contributed by atoms with Crippen molar-refractivity contribution in [1.82, 2.24) is 20.0 Å². The minimum absolute atomic E-state index is 0. The molecule has 0 radical (unpaired) electrons. The molecule has 8 aliphatic rings. The SMILES string of the molecule is C.C.C.COc1cn[nH]c1.COc1cnn(CC(=O)[C@H]2CC[C@H]3[C@@H]4CC[C@@H]5C[C@](C)(O)CC[C@]5(C)[C@H]4CC[C@]23C)c1.C[C@@]1(O)CC[C@@]2(C)[C@H](CC[C@@H]3[C@@H]2CC[C@]2(C)[C@@H](C(=O)CBr)CC[C@@H]32)C1. The van der Waals surface area contributed by atoms with Gasteiger partial charge in [-0.05, 0) is 198 Å². The summed E-state index contributed by atoms with van der Waals surface area (Å²) in [6.45, 7) is 14.4. The lowest BCUT2D eigenvalue weighted by atomic mass is 9.44. The second-order valence-electron chi connectivity index (χ2n) is 23.8. The number of rotatable bonds is 7. The third-order valence-electron chi connectivity index (χ3n) is 20.7. The third-order valence-corrected chi connectivity index (χ3v) is 21.2. The van der Waals surface area contributed by atoms with Crippen LogP contribution in [0.2, 0.25) is 0 Å². The van der Waals surface area contributed by atoms with Crippen LogP contribution in [0.15, 0.2) is 24.8 Å². The Morgan fingerprint density at radius 2 is 1.11 bits per heavy atom. The summed E-state index contributed by atoms with van der Waals surface area (Å²) in [4.78, 5) is 25.9. The first-order valence-electron chi connectivity index (χ1n) is 25.0. The van der Waals surface area contributed by atoms with Gasteiger partial charge in [-0.2, -0.15) is 10.2 Å². The predicted octanol–water partition coefficient (Wildman–Crippen LogP) is 12.6. The van der Waals surface area contributed by atoms with Crippen LogP contribution in [0.25, 0.3) is 0 Å². The van der Waals surface area contributed by atoms with E-state index < -0.39 is 11.2 Å². The van der Waals surface area contributed by atoms with E-state index in [1.807, 2.05) is 20.0 Å². The number of carbonyl (C=O) groups is 2. The van der Waals surface area contributed by atoms with Crippen molar-refractivity contribution in [1.29, 1.82) is 0 Å². The van der Waals surface area contributed by atoms with Crippen molar-refractivity contribution in [2.75, 3.05) is 19.5 Å². The van der Waals surface area contributed by atoms with Crippen molar-refractivity contribution in [3.8, 4) is 11.5 Å². The first-order chi connectivity index (χ1) is 29.8. The minimum atomic E-state index is -0.472. The maximum Gasteiger partial charge on any atom is 0.157 e. The average Bonchev–Trinajstić information content (AvgIpc) is 4.07. The maximum absolute atomic E-state index is 13.4. The highest BCUT2D eigenvalue weighted by atomic mass is 79.9. The molecule has 0 aromatic carbocycles. The van der Waals surface area contributed by atoms with Gasteiger partial charge in [0.05, 0.1) is 62.1 Å². The quantitative estimate of drug-likeness (QED) is 0.233. The molecule has 3 N–H and O–H groups in total. The number of nitrogens with one attached hydrogen (secondary N) is 1. The van der Waals surface area contributed by atoms with Crippen molar-refractivity contribution in [2.45, 2.75) is 197 Å². The number of methoxy groups -OCH3 is 2. The summed E-state index contributed by atoms with van der Waals surface area (Å²) in [5, 5.41) is 32.4. The highest BCUT2D eigenvalue weighted by Gasteiger charge is 2.63. The lowest BCUT2D eigenvalue weighted by molar-refractivity contribution is -0.151. The number of ketones is 2. The van der Waals surface area contributed by atoms with E-state index in [9.17, 15) is 19.8 Å². The van der Waals surface area contributed by atoms with Gasteiger partial charge in [-0.1, -0.05) is 65.9 Å². The molecule has 16 atom stereocenters. The van der Waals surface area contributed by atoms with Gasteiger partial charge in [-0.3, -0.25) is 19.4 Å². The van der Waals surface area contributed by atoms with Crippen LogP contribution in [-0.2, 0) is 16.1 Å². The number of hydrogen-bond acceptors (Lipinski definition) is 8. The zero-order chi connectivity index (χ0) is 45.2. The second-order valence-corrected chi connectivity index (χ2v) is 24.4. The molecule has 2 aromatic rings. The number of hydrogen-bond donors (Lipinski definition) is 3. The number of aromatic nitrogens is 4. The summed E-state index contributed by atoms with van der Waals surface area (Å²) in [6.07, 6.45) is 27.8. The van der Waals surface area contributed by atoms with Crippen molar-refractivity contribution in [2.24, 2.45) is 80.8 Å². The lowest BCUT2D eigenvalue weighted by Crippen LogP contribution is -2.55. The maximum atomic E-state index is 13.4. The molecule has 376 valence electrons. The fourth-order valence-corrected chi connectivity index (χ4v) is 17.6. The Hall–Kier alpha value is -2.24. The number of Topliss-reactive ketones (excluding diaryl/α,β-unsaturated/α-hetero) is 2. The topological polar surface area (TPSA) is 140 Å². The van der Waals surface area contributed by atoms with Crippen molar-refractivity contribution in [3.05, 3.63) is 24.8 Å². The number of ether oxygens (including phenoxy) is 2. The molecule has 10 rings (SSSR count). The normalized spacial score (nSPS) is 43.7. The zero-order valence-corrected chi connectivity index (χ0v) is 41.6. The van der Waals surface area contributed by atoms with Crippen molar-refractivity contribution in [3.63, 3.8) is 0 Å². The van der Waals surface area contributed by atoms with Crippen LogP contribution in [0.3, 0.4) is 0 Å². The Balaban J connectivity index is 0.000000210. The summed E-state index contributed by atoms with van der Waals surface area (Å²) in [6, 6.07) is 0. The largest absolute Gasteiger partial charge is 0.493 e. The van der Waals surface area contributed by atoms with Crippen LogP contribution < -0.4 is 9.47 Å². The minimum Gasteiger partial charge on any atom is -0.493 e. The lowest BCUT2D eigenvalue weighted by Gasteiger charge is -2.61. The van der Waals surface area contributed by atoms with E-state index in [0.717, 1.165) is 73.9 Å². The molecule has 66 heavy (non-hydrogen) atoms. The third kappa shape index (κ3) is 9.90. The summed E-state index contributed by atoms with van der Waals surface area (Å²) in [5.74, 6) is 8.65. The summed E-state index contributed by atoms with van der Waals surface area (Å²) in [7, 11) is 3.23. The number of carbonyl (C=O) groups excluding carboxylic acids is 2. The van der Waals surface area contributed by atoms with E-state index in [-0.39, 0.29) is 44.9 Å². The monoisotopic (exact) mass is 985 g/mol. The van der Waals surface area contributed by atoms with Crippen LogP contribution in [0.4, 0.5) is 0 Å².